The number of aryl methyl sites for hydroxylation is 2. The van der Waals surface area contributed by atoms with Crippen LogP contribution < -0.4 is 16.4 Å². The Balaban J connectivity index is 1.59. The molecular weight excluding hydrogens is 440 g/mol. The van der Waals surface area contributed by atoms with Gasteiger partial charge in [-0.3, -0.25) is 4.99 Å². The molecule has 35 heavy (non-hydrogen) atoms. The number of hydrogen-bond donors (Lipinski definition) is 4. The molecule has 0 saturated carbocycles. The smallest absolute Gasteiger partial charge is 0.300 e. The highest BCUT2D eigenvalue weighted by molar-refractivity contribution is 5.81. The highest BCUT2D eigenvalue weighted by Gasteiger charge is 2.16. The molecule has 8 nitrogen and oxygen atoms in total. The Morgan fingerprint density at radius 2 is 2.00 bits per heavy atom. The van der Waals surface area contributed by atoms with E-state index in [9.17, 15) is 5.11 Å². The van der Waals surface area contributed by atoms with Crippen molar-refractivity contribution in [2.75, 3.05) is 5.32 Å². The van der Waals surface area contributed by atoms with Crippen LogP contribution in [0.1, 0.15) is 30.0 Å². The number of aliphatic hydroxyl groups is 1. The van der Waals surface area contributed by atoms with E-state index in [-0.39, 0.29) is 6.04 Å². The van der Waals surface area contributed by atoms with Crippen molar-refractivity contribution in [3.63, 3.8) is 0 Å². The van der Waals surface area contributed by atoms with Gasteiger partial charge in [-0.15, -0.1) is 0 Å². The number of aliphatic hydroxyl groups excluding tert-OH is 1. The normalized spacial score (nSPS) is 18.8. The Kier molecular flexibility index (Phi) is 7.12. The standard InChI is InChI=1S/C27H30N6O2/c1-16-11-17(2)25-24(12-16)33-27(35-25)32-20-7-5-19(6-8-20)23(18(3)26(28)31-15-29-4)14-30-21-9-10-22(34)13-21/h5-12,14-15,21-22,30,34H,4,13,28H2,1-3H3,(H,32,33)/b23-14+,26-18+,31-15-. The first-order valence-corrected chi connectivity index (χ1v) is 11.4. The van der Waals surface area contributed by atoms with Gasteiger partial charge in [0.15, 0.2) is 5.58 Å². The second-order valence-corrected chi connectivity index (χ2v) is 8.61. The van der Waals surface area contributed by atoms with E-state index in [4.69, 9.17) is 10.2 Å². The van der Waals surface area contributed by atoms with E-state index in [0.717, 1.165) is 44.6 Å². The van der Waals surface area contributed by atoms with Crippen LogP contribution in [0, 0.1) is 13.8 Å². The summed E-state index contributed by atoms with van der Waals surface area (Å²) in [6.07, 6.45) is 7.15. The summed E-state index contributed by atoms with van der Waals surface area (Å²) in [5, 5.41) is 16.4. The van der Waals surface area contributed by atoms with E-state index >= 15 is 0 Å². The lowest BCUT2D eigenvalue weighted by Gasteiger charge is -2.15. The Morgan fingerprint density at radius 1 is 1.23 bits per heavy atom. The number of allylic oxidation sites excluding steroid dienone is 2. The van der Waals surface area contributed by atoms with Gasteiger partial charge in [0.1, 0.15) is 17.7 Å². The molecule has 0 radical (unpaired) electrons. The van der Waals surface area contributed by atoms with Gasteiger partial charge in [-0.25, -0.2) is 4.99 Å². The van der Waals surface area contributed by atoms with Gasteiger partial charge in [-0.1, -0.05) is 30.4 Å². The SMILES string of the molecule is C=N\C=N/C(N)=C(C)/C(=C\NC1C=CC(O)C1)c1ccc(Nc2nc3cc(C)cc(C)c3o2)cc1. The first-order chi connectivity index (χ1) is 16.8. The summed E-state index contributed by atoms with van der Waals surface area (Å²) in [5.41, 5.74) is 13.4. The van der Waals surface area contributed by atoms with Crippen molar-refractivity contribution >= 4 is 41.4 Å². The van der Waals surface area contributed by atoms with E-state index in [1.165, 1.54) is 6.34 Å². The number of aromatic nitrogens is 1. The minimum atomic E-state index is -0.431. The number of aliphatic imine (C=N–C) groups is 2. The van der Waals surface area contributed by atoms with Crippen LogP contribution in [0.4, 0.5) is 11.7 Å². The van der Waals surface area contributed by atoms with Gasteiger partial charge in [0, 0.05) is 35.5 Å². The highest BCUT2D eigenvalue weighted by Crippen LogP contribution is 2.29. The molecular formula is C27H30N6O2. The molecule has 0 saturated heterocycles. The second kappa shape index (κ2) is 10.4. The number of anilines is 2. The third kappa shape index (κ3) is 5.67. The molecule has 1 aliphatic rings. The largest absolute Gasteiger partial charge is 0.423 e. The molecule has 0 amide bonds. The molecule has 0 bridgehead atoms. The zero-order chi connectivity index (χ0) is 24.9. The number of oxazole rings is 1. The molecule has 0 spiro atoms. The molecule has 2 atom stereocenters. The molecule has 1 heterocycles. The van der Waals surface area contributed by atoms with E-state index in [0.29, 0.717) is 18.3 Å². The number of nitrogens with one attached hydrogen (secondary N) is 2. The lowest BCUT2D eigenvalue weighted by molar-refractivity contribution is 0.216. The molecule has 4 rings (SSSR count). The Labute approximate surface area is 204 Å². The maximum absolute atomic E-state index is 9.77. The summed E-state index contributed by atoms with van der Waals surface area (Å²) in [7, 11) is 0. The number of nitrogens with two attached hydrogens (primary N) is 1. The van der Waals surface area contributed by atoms with Crippen LogP contribution in [0.2, 0.25) is 0 Å². The molecule has 2 aromatic carbocycles. The fraction of sp³-hybridized carbons (Fsp3) is 0.222. The summed E-state index contributed by atoms with van der Waals surface area (Å²) >= 11 is 0. The predicted molar refractivity (Wildman–Crippen MR) is 143 cm³/mol. The minimum absolute atomic E-state index is 0.0413. The highest BCUT2D eigenvalue weighted by atomic mass is 16.4. The third-order valence-corrected chi connectivity index (χ3v) is 5.84. The van der Waals surface area contributed by atoms with Crippen molar-refractivity contribution in [1.29, 1.82) is 0 Å². The number of benzene rings is 2. The van der Waals surface area contributed by atoms with Crippen LogP contribution in [-0.2, 0) is 0 Å². The maximum atomic E-state index is 9.77. The summed E-state index contributed by atoms with van der Waals surface area (Å²) < 4.78 is 5.92. The number of fused-ring (bicyclic) bond motifs is 1. The Morgan fingerprint density at radius 3 is 2.69 bits per heavy atom. The predicted octanol–water partition coefficient (Wildman–Crippen LogP) is 4.73. The van der Waals surface area contributed by atoms with Crippen molar-refractivity contribution in [3.8, 4) is 0 Å². The molecule has 8 heteroatoms. The molecule has 5 N–H and O–H groups in total. The van der Waals surface area contributed by atoms with Crippen LogP contribution in [0.3, 0.4) is 0 Å². The average Bonchev–Trinajstić information content (AvgIpc) is 3.44. The molecule has 180 valence electrons. The van der Waals surface area contributed by atoms with E-state index in [1.807, 2.05) is 63.4 Å². The van der Waals surface area contributed by atoms with Crippen LogP contribution in [0.25, 0.3) is 16.7 Å². The molecule has 1 aromatic heterocycles. The summed E-state index contributed by atoms with van der Waals surface area (Å²) in [6, 6.07) is 12.4. The van der Waals surface area contributed by atoms with E-state index in [2.05, 4.69) is 38.4 Å². The Bertz CT molecular complexity index is 1350. The zero-order valence-corrected chi connectivity index (χ0v) is 20.1. The van der Waals surface area contributed by atoms with Crippen LogP contribution in [0.15, 0.2) is 80.5 Å². The fourth-order valence-electron chi connectivity index (χ4n) is 4.03. The second-order valence-electron chi connectivity index (χ2n) is 8.61. The van der Waals surface area contributed by atoms with Gasteiger partial charge in [-0.05, 0) is 62.4 Å². The molecule has 1 aliphatic carbocycles. The van der Waals surface area contributed by atoms with Crippen LogP contribution in [0.5, 0.6) is 0 Å². The first-order valence-electron chi connectivity index (χ1n) is 11.4. The summed E-state index contributed by atoms with van der Waals surface area (Å²) in [5.74, 6) is 0.340. The first kappa shape index (κ1) is 24.0. The van der Waals surface area contributed by atoms with Crippen molar-refractivity contribution in [2.24, 2.45) is 15.7 Å². The zero-order valence-electron chi connectivity index (χ0n) is 20.1. The van der Waals surface area contributed by atoms with Crippen molar-refractivity contribution in [1.82, 2.24) is 10.3 Å². The van der Waals surface area contributed by atoms with Crippen molar-refractivity contribution in [3.05, 3.63) is 82.8 Å². The molecule has 0 aliphatic heterocycles. The van der Waals surface area contributed by atoms with Crippen LogP contribution >= 0.6 is 0 Å². The van der Waals surface area contributed by atoms with Crippen molar-refractivity contribution < 1.29 is 9.52 Å². The number of nitrogens with zero attached hydrogens (tertiary/aromatic N) is 3. The lowest BCUT2D eigenvalue weighted by Crippen LogP contribution is -2.22. The molecule has 2 unspecified atom stereocenters. The van der Waals surface area contributed by atoms with Crippen LogP contribution in [-0.4, -0.2) is 35.3 Å². The van der Waals surface area contributed by atoms with E-state index < -0.39 is 6.10 Å². The third-order valence-electron chi connectivity index (χ3n) is 5.84. The average molecular weight is 471 g/mol. The van der Waals surface area contributed by atoms with Gasteiger partial charge in [0.05, 0.1) is 6.10 Å². The minimum Gasteiger partial charge on any atom is -0.423 e. The monoisotopic (exact) mass is 470 g/mol. The Hall–Kier alpha value is -4.17. The van der Waals surface area contributed by atoms with E-state index in [1.54, 1.807) is 6.08 Å². The molecule has 3 aromatic rings. The van der Waals surface area contributed by atoms with Gasteiger partial charge in [0.2, 0.25) is 0 Å². The van der Waals surface area contributed by atoms with Gasteiger partial charge in [0.25, 0.3) is 6.01 Å². The maximum Gasteiger partial charge on any atom is 0.300 e. The molecule has 0 fully saturated rings. The summed E-state index contributed by atoms with van der Waals surface area (Å²) in [6.45, 7) is 9.36. The van der Waals surface area contributed by atoms with Gasteiger partial charge >= 0.3 is 0 Å². The number of rotatable bonds is 8. The van der Waals surface area contributed by atoms with Gasteiger partial charge in [-0.2, -0.15) is 4.98 Å². The van der Waals surface area contributed by atoms with Crippen molar-refractivity contribution in [2.45, 2.75) is 39.3 Å². The van der Waals surface area contributed by atoms with Gasteiger partial charge < -0.3 is 25.9 Å². The fourth-order valence-corrected chi connectivity index (χ4v) is 4.03. The topological polar surface area (TPSA) is 121 Å². The summed E-state index contributed by atoms with van der Waals surface area (Å²) in [4.78, 5) is 12.3. The lowest BCUT2D eigenvalue weighted by atomic mass is 9.99. The number of hydrogen-bond acceptors (Lipinski definition) is 7. The quantitative estimate of drug-likeness (QED) is 0.163.